The number of nitrogens with zero attached hydrogens (tertiary/aromatic N) is 3. The molecule has 0 bridgehead atoms. The SMILES string of the molecule is CCCNc1nc(NCCOC(N)=O)nc(OC)n1. The molecule has 0 fully saturated rings. The minimum Gasteiger partial charge on any atom is -0.467 e. The molecule has 1 amide bonds. The molecule has 106 valence electrons. The van der Waals surface area contributed by atoms with Crippen LogP contribution < -0.4 is 21.1 Å². The van der Waals surface area contributed by atoms with Gasteiger partial charge in [0.2, 0.25) is 11.9 Å². The van der Waals surface area contributed by atoms with E-state index in [0.29, 0.717) is 18.4 Å². The molecule has 1 rings (SSSR count). The molecule has 0 aliphatic rings. The molecule has 9 heteroatoms. The third-order valence-electron chi connectivity index (χ3n) is 1.96. The lowest BCUT2D eigenvalue weighted by Gasteiger charge is -2.08. The second-order valence-corrected chi connectivity index (χ2v) is 3.49. The quantitative estimate of drug-likeness (QED) is 0.572. The molecule has 0 atom stereocenters. The molecular formula is C10H18N6O3. The number of amides is 1. The lowest BCUT2D eigenvalue weighted by atomic mass is 10.5. The van der Waals surface area contributed by atoms with E-state index in [1.807, 2.05) is 6.92 Å². The number of nitrogens with one attached hydrogen (secondary N) is 2. The summed E-state index contributed by atoms with van der Waals surface area (Å²) < 4.78 is 9.55. The second-order valence-electron chi connectivity index (χ2n) is 3.49. The Labute approximate surface area is 110 Å². The second kappa shape index (κ2) is 7.90. The normalized spacial score (nSPS) is 9.79. The minimum atomic E-state index is -0.819. The fourth-order valence-electron chi connectivity index (χ4n) is 1.16. The van der Waals surface area contributed by atoms with E-state index >= 15 is 0 Å². The van der Waals surface area contributed by atoms with Gasteiger partial charge in [0.05, 0.1) is 13.7 Å². The Kier molecular flexibility index (Phi) is 6.13. The highest BCUT2D eigenvalue weighted by molar-refractivity contribution is 5.64. The molecule has 4 N–H and O–H groups in total. The Hall–Kier alpha value is -2.32. The van der Waals surface area contributed by atoms with Crippen LogP contribution in [0.15, 0.2) is 0 Å². The highest BCUT2D eigenvalue weighted by atomic mass is 16.5. The van der Waals surface area contributed by atoms with Crippen LogP contribution in [0.5, 0.6) is 6.01 Å². The standard InChI is InChI=1S/C10H18N6O3/c1-3-4-12-8-14-9(16-10(15-8)18-2)13-5-6-19-7(11)17/h3-6H2,1-2H3,(H2,11,17)(H2,12,13,14,15,16). The Morgan fingerprint density at radius 2 is 1.84 bits per heavy atom. The monoisotopic (exact) mass is 270 g/mol. The zero-order chi connectivity index (χ0) is 14.1. The van der Waals surface area contributed by atoms with E-state index in [1.54, 1.807) is 0 Å². The number of carbonyl (C=O) groups excluding carboxylic acids is 1. The topological polar surface area (TPSA) is 124 Å². The molecule has 0 saturated carbocycles. The summed E-state index contributed by atoms with van der Waals surface area (Å²) in [6.45, 7) is 3.24. The average Bonchev–Trinajstić information content (AvgIpc) is 2.41. The number of hydrogen-bond donors (Lipinski definition) is 3. The molecule has 0 aliphatic heterocycles. The van der Waals surface area contributed by atoms with Crippen LogP contribution >= 0.6 is 0 Å². The summed E-state index contributed by atoms with van der Waals surface area (Å²) in [6.07, 6.45) is 0.128. The van der Waals surface area contributed by atoms with Gasteiger partial charge < -0.3 is 25.8 Å². The van der Waals surface area contributed by atoms with Gasteiger partial charge in [-0.25, -0.2) is 4.79 Å². The van der Waals surface area contributed by atoms with Gasteiger partial charge in [-0.15, -0.1) is 0 Å². The van der Waals surface area contributed by atoms with Crippen LogP contribution in [0.25, 0.3) is 0 Å². The van der Waals surface area contributed by atoms with E-state index in [4.69, 9.17) is 10.5 Å². The van der Waals surface area contributed by atoms with E-state index in [2.05, 4.69) is 30.3 Å². The Bertz CT molecular complexity index is 414. The molecular weight excluding hydrogens is 252 g/mol. The third-order valence-corrected chi connectivity index (χ3v) is 1.96. The van der Waals surface area contributed by atoms with E-state index < -0.39 is 6.09 Å². The molecule has 1 heterocycles. The van der Waals surface area contributed by atoms with Crippen molar-refractivity contribution in [1.82, 2.24) is 15.0 Å². The van der Waals surface area contributed by atoms with E-state index in [9.17, 15) is 4.79 Å². The number of rotatable bonds is 8. The number of methoxy groups -OCH3 is 1. The largest absolute Gasteiger partial charge is 0.467 e. The minimum absolute atomic E-state index is 0.126. The van der Waals surface area contributed by atoms with Gasteiger partial charge in [0.1, 0.15) is 6.61 Å². The van der Waals surface area contributed by atoms with Crippen LogP contribution in [-0.2, 0) is 4.74 Å². The fraction of sp³-hybridized carbons (Fsp3) is 0.600. The van der Waals surface area contributed by atoms with Crippen molar-refractivity contribution in [3.8, 4) is 6.01 Å². The first-order chi connectivity index (χ1) is 9.15. The number of anilines is 2. The first-order valence-electron chi connectivity index (χ1n) is 5.85. The lowest BCUT2D eigenvalue weighted by molar-refractivity contribution is 0.161. The maximum atomic E-state index is 10.4. The molecule has 0 aliphatic carbocycles. The van der Waals surface area contributed by atoms with Gasteiger partial charge in [-0.05, 0) is 6.42 Å². The van der Waals surface area contributed by atoms with Gasteiger partial charge in [-0.2, -0.15) is 15.0 Å². The van der Waals surface area contributed by atoms with Crippen molar-refractivity contribution >= 4 is 18.0 Å². The van der Waals surface area contributed by atoms with Crippen LogP contribution in [0, 0.1) is 0 Å². The maximum absolute atomic E-state index is 10.4. The van der Waals surface area contributed by atoms with Gasteiger partial charge >= 0.3 is 12.1 Å². The van der Waals surface area contributed by atoms with Gasteiger partial charge in [0, 0.05) is 6.54 Å². The van der Waals surface area contributed by atoms with Gasteiger partial charge in [-0.1, -0.05) is 6.92 Å². The van der Waals surface area contributed by atoms with Crippen LogP contribution in [0.4, 0.5) is 16.7 Å². The van der Waals surface area contributed by atoms with Gasteiger partial charge in [0.25, 0.3) is 0 Å². The highest BCUT2D eigenvalue weighted by Gasteiger charge is 2.06. The number of ether oxygens (including phenoxy) is 2. The molecule has 0 saturated heterocycles. The van der Waals surface area contributed by atoms with Crippen molar-refractivity contribution in [2.24, 2.45) is 5.73 Å². The summed E-state index contributed by atoms with van der Waals surface area (Å²) in [7, 11) is 1.47. The highest BCUT2D eigenvalue weighted by Crippen LogP contribution is 2.10. The molecule has 0 unspecified atom stereocenters. The lowest BCUT2D eigenvalue weighted by Crippen LogP contribution is -2.19. The molecule has 9 nitrogen and oxygen atoms in total. The molecule has 1 aromatic heterocycles. The predicted octanol–water partition coefficient (Wildman–Crippen LogP) is 0.209. The summed E-state index contributed by atoms with van der Waals surface area (Å²) in [5.41, 5.74) is 4.84. The first kappa shape index (κ1) is 14.7. The Morgan fingerprint density at radius 1 is 1.21 bits per heavy atom. The summed E-state index contributed by atoms with van der Waals surface area (Å²) in [5.74, 6) is 0.755. The zero-order valence-corrected chi connectivity index (χ0v) is 11.0. The first-order valence-corrected chi connectivity index (χ1v) is 5.85. The fourth-order valence-corrected chi connectivity index (χ4v) is 1.16. The van der Waals surface area contributed by atoms with Crippen molar-refractivity contribution < 1.29 is 14.3 Å². The van der Waals surface area contributed by atoms with Crippen molar-refractivity contribution in [2.45, 2.75) is 13.3 Å². The Balaban J connectivity index is 2.57. The summed E-state index contributed by atoms with van der Waals surface area (Å²) in [6, 6.07) is 0.201. The zero-order valence-electron chi connectivity index (χ0n) is 11.0. The number of hydrogen-bond acceptors (Lipinski definition) is 8. The average molecular weight is 270 g/mol. The number of primary amides is 1. The molecule has 19 heavy (non-hydrogen) atoms. The van der Waals surface area contributed by atoms with Crippen LogP contribution in [0.3, 0.4) is 0 Å². The van der Waals surface area contributed by atoms with Crippen molar-refractivity contribution in [3.63, 3.8) is 0 Å². The van der Waals surface area contributed by atoms with E-state index in [-0.39, 0.29) is 12.6 Å². The smallest absolute Gasteiger partial charge is 0.404 e. The summed E-state index contributed by atoms with van der Waals surface area (Å²) in [5, 5.41) is 5.91. The van der Waals surface area contributed by atoms with Crippen molar-refractivity contribution in [1.29, 1.82) is 0 Å². The molecule has 0 radical (unpaired) electrons. The van der Waals surface area contributed by atoms with Crippen LogP contribution in [0.2, 0.25) is 0 Å². The van der Waals surface area contributed by atoms with E-state index in [1.165, 1.54) is 7.11 Å². The third kappa shape index (κ3) is 5.70. The maximum Gasteiger partial charge on any atom is 0.404 e. The molecule has 0 aromatic carbocycles. The van der Waals surface area contributed by atoms with Crippen LogP contribution in [0.1, 0.15) is 13.3 Å². The molecule has 0 spiro atoms. The van der Waals surface area contributed by atoms with E-state index in [0.717, 1.165) is 13.0 Å². The predicted molar refractivity (Wildman–Crippen MR) is 69.2 cm³/mol. The molecule has 1 aromatic rings. The number of nitrogens with two attached hydrogens (primary N) is 1. The number of carbonyl (C=O) groups is 1. The van der Waals surface area contributed by atoms with Gasteiger partial charge in [0.15, 0.2) is 0 Å². The van der Waals surface area contributed by atoms with Crippen molar-refractivity contribution in [3.05, 3.63) is 0 Å². The van der Waals surface area contributed by atoms with Crippen LogP contribution in [-0.4, -0.2) is 47.9 Å². The summed E-state index contributed by atoms with van der Waals surface area (Å²) in [4.78, 5) is 22.6. The summed E-state index contributed by atoms with van der Waals surface area (Å²) >= 11 is 0. The Morgan fingerprint density at radius 3 is 2.37 bits per heavy atom. The number of aromatic nitrogens is 3. The van der Waals surface area contributed by atoms with Gasteiger partial charge in [-0.3, -0.25) is 0 Å². The van der Waals surface area contributed by atoms with Crippen molar-refractivity contribution in [2.75, 3.05) is 37.4 Å².